The van der Waals surface area contributed by atoms with E-state index in [0.717, 1.165) is 17.5 Å². The van der Waals surface area contributed by atoms with Crippen molar-refractivity contribution in [2.24, 2.45) is 0 Å². The van der Waals surface area contributed by atoms with E-state index in [1.807, 2.05) is 18.2 Å². The first-order valence-corrected chi connectivity index (χ1v) is 10.5. The van der Waals surface area contributed by atoms with Crippen molar-refractivity contribution in [1.82, 2.24) is 19.5 Å². The minimum atomic E-state index is -0.873. The number of anilines is 1. The third kappa shape index (κ3) is 2.83. The van der Waals surface area contributed by atoms with Crippen LogP contribution in [0.3, 0.4) is 0 Å². The Kier molecular flexibility index (Phi) is 4.05. The van der Waals surface area contributed by atoms with Crippen molar-refractivity contribution in [3.63, 3.8) is 0 Å². The van der Waals surface area contributed by atoms with Gasteiger partial charge < -0.3 is 14.5 Å². The summed E-state index contributed by atoms with van der Waals surface area (Å²) in [4.78, 5) is 21.6. The van der Waals surface area contributed by atoms with Crippen molar-refractivity contribution < 1.29 is 18.3 Å². The van der Waals surface area contributed by atoms with Crippen LogP contribution in [0.25, 0.3) is 5.65 Å². The topological polar surface area (TPSA) is 63.0 Å². The predicted octanol–water partition coefficient (Wildman–Crippen LogP) is 3.07. The Morgan fingerprint density at radius 3 is 2.61 bits per heavy atom. The molecule has 7 nitrogen and oxygen atoms in total. The lowest BCUT2D eigenvalue weighted by atomic mass is 9.89. The zero-order valence-corrected chi connectivity index (χ0v) is 16.7. The Labute approximate surface area is 177 Å². The number of benzene rings is 1. The highest BCUT2D eigenvalue weighted by atomic mass is 19.1. The van der Waals surface area contributed by atoms with Crippen LogP contribution in [0.15, 0.2) is 42.7 Å². The summed E-state index contributed by atoms with van der Waals surface area (Å²) in [6, 6.07) is 8.96. The molecule has 0 saturated carbocycles. The number of ether oxygens (including phenoxy) is 1. The van der Waals surface area contributed by atoms with E-state index in [4.69, 9.17) is 4.74 Å². The van der Waals surface area contributed by atoms with Crippen LogP contribution >= 0.6 is 0 Å². The number of aromatic nitrogens is 3. The van der Waals surface area contributed by atoms with E-state index in [2.05, 4.69) is 15.0 Å². The van der Waals surface area contributed by atoms with Gasteiger partial charge in [0, 0.05) is 32.0 Å². The highest BCUT2D eigenvalue weighted by molar-refractivity contribution is 5.88. The maximum absolute atomic E-state index is 13.8. The van der Waals surface area contributed by atoms with Crippen molar-refractivity contribution in [1.29, 1.82) is 0 Å². The standard InChI is InChI=1S/C22H21F2N5O2/c23-15-10-14(11-16(24)12-15)17-4-5-20-28(17)21(30)22(31-20)6-8-27(9-7-22)19-3-1-2-18-25-13-26-29(18)19/h1-3,10-13,17,20H,4-9H2/t17-,20+/m0/s1. The number of fused-ring (bicyclic) bond motifs is 2. The third-order valence-electron chi connectivity index (χ3n) is 6.77. The molecule has 9 heteroatoms. The molecule has 3 saturated heterocycles. The number of rotatable bonds is 2. The first-order valence-electron chi connectivity index (χ1n) is 10.5. The second-order valence-electron chi connectivity index (χ2n) is 8.48. The molecular weight excluding hydrogens is 404 g/mol. The predicted molar refractivity (Wildman–Crippen MR) is 107 cm³/mol. The van der Waals surface area contributed by atoms with Gasteiger partial charge in [-0.3, -0.25) is 4.79 Å². The average Bonchev–Trinajstić information content (AvgIpc) is 3.45. The number of hydrogen-bond donors (Lipinski definition) is 0. The zero-order chi connectivity index (χ0) is 21.2. The number of nitrogens with zero attached hydrogens (tertiary/aromatic N) is 5. The van der Waals surface area contributed by atoms with Gasteiger partial charge in [-0.05, 0) is 42.7 Å². The summed E-state index contributed by atoms with van der Waals surface area (Å²) in [5.41, 5.74) is 0.392. The number of carbonyl (C=O) groups is 1. The van der Waals surface area contributed by atoms with Crippen LogP contribution in [-0.2, 0) is 9.53 Å². The number of piperidine rings is 1. The van der Waals surface area contributed by atoms with Gasteiger partial charge in [-0.15, -0.1) is 0 Å². The van der Waals surface area contributed by atoms with Crippen LogP contribution in [0, 0.1) is 11.6 Å². The molecule has 0 N–H and O–H groups in total. The molecule has 3 aromatic rings. The summed E-state index contributed by atoms with van der Waals surface area (Å²) in [7, 11) is 0. The van der Waals surface area contributed by atoms with Crippen LogP contribution in [-0.4, -0.2) is 50.3 Å². The summed E-state index contributed by atoms with van der Waals surface area (Å²) in [6.07, 6.45) is 3.59. The Hall–Kier alpha value is -3.07. The molecule has 0 radical (unpaired) electrons. The Bertz CT molecular complexity index is 1150. The third-order valence-corrected chi connectivity index (χ3v) is 6.77. The van der Waals surface area contributed by atoms with Crippen LogP contribution in [0.5, 0.6) is 0 Å². The lowest BCUT2D eigenvalue weighted by molar-refractivity contribution is -0.140. The first kappa shape index (κ1) is 18.7. The quantitative estimate of drug-likeness (QED) is 0.632. The highest BCUT2D eigenvalue weighted by Gasteiger charge is 2.58. The molecule has 1 aromatic carbocycles. The second kappa shape index (κ2) is 6.71. The lowest BCUT2D eigenvalue weighted by Gasteiger charge is -2.38. The van der Waals surface area contributed by atoms with Gasteiger partial charge in [0.2, 0.25) is 0 Å². The van der Waals surface area contributed by atoms with Gasteiger partial charge in [0.15, 0.2) is 11.2 Å². The Morgan fingerprint density at radius 1 is 1.06 bits per heavy atom. The summed E-state index contributed by atoms with van der Waals surface area (Å²) >= 11 is 0. The zero-order valence-electron chi connectivity index (χ0n) is 16.7. The summed E-state index contributed by atoms with van der Waals surface area (Å²) in [5.74, 6) is -0.389. The van der Waals surface area contributed by atoms with E-state index in [1.165, 1.54) is 18.5 Å². The fourth-order valence-corrected chi connectivity index (χ4v) is 5.31. The van der Waals surface area contributed by atoms with E-state index in [-0.39, 0.29) is 18.2 Å². The number of amides is 1. The molecule has 3 fully saturated rings. The molecule has 0 aliphatic carbocycles. The van der Waals surface area contributed by atoms with Crippen LogP contribution in [0.4, 0.5) is 14.6 Å². The van der Waals surface area contributed by atoms with Gasteiger partial charge in [-0.25, -0.2) is 13.8 Å². The van der Waals surface area contributed by atoms with E-state index in [0.29, 0.717) is 44.3 Å². The molecular formula is C22H21F2N5O2. The smallest absolute Gasteiger partial charge is 0.257 e. The van der Waals surface area contributed by atoms with E-state index in [9.17, 15) is 13.6 Å². The van der Waals surface area contributed by atoms with E-state index >= 15 is 0 Å². The normalized spacial score (nSPS) is 25.0. The largest absolute Gasteiger partial charge is 0.356 e. The van der Waals surface area contributed by atoms with Crippen molar-refractivity contribution in [3.8, 4) is 0 Å². The molecule has 3 aliphatic heterocycles. The van der Waals surface area contributed by atoms with Gasteiger partial charge >= 0.3 is 0 Å². The summed E-state index contributed by atoms with van der Waals surface area (Å²) < 4.78 is 35.7. The lowest BCUT2D eigenvalue weighted by Crippen LogP contribution is -2.50. The van der Waals surface area contributed by atoms with Crippen molar-refractivity contribution in [3.05, 3.63) is 59.9 Å². The minimum absolute atomic E-state index is 0.0664. The molecule has 1 amide bonds. The van der Waals surface area contributed by atoms with Crippen molar-refractivity contribution in [2.75, 3.05) is 18.0 Å². The summed E-state index contributed by atoms with van der Waals surface area (Å²) in [6.45, 7) is 1.29. The van der Waals surface area contributed by atoms with Gasteiger partial charge in [-0.1, -0.05) is 6.07 Å². The fraction of sp³-hybridized carbons (Fsp3) is 0.409. The number of carbonyl (C=O) groups excluding carboxylic acids is 1. The van der Waals surface area contributed by atoms with Crippen molar-refractivity contribution in [2.45, 2.75) is 43.6 Å². The monoisotopic (exact) mass is 425 g/mol. The maximum atomic E-state index is 13.8. The molecule has 2 aromatic heterocycles. The van der Waals surface area contributed by atoms with Crippen LogP contribution < -0.4 is 4.90 Å². The van der Waals surface area contributed by atoms with E-state index < -0.39 is 17.2 Å². The number of pyridine rings is 1. The molecule has 1 spiro atoms. The molecule has 2 atom stereocenters. The first-order chi connectivity index (χ1) is 15.0. The SMILES string of the molecule is O=C1N2[C@@H](CC[C@H]2c2cc(F)cc(F)c2)OC12CCN(c1cccc3ncnn13)CC2. The molecule has 0 unspecified atom stereocenters. The molecule has 3 aliphatic rings. The van der Waals surface area contributed by atoms with Crippen LogP contribution in [0.1, 0.15) is 37.3 Å². The molecule has 31 heavy (non-hydrogen) atoms. The van der Waals surface area contributed by atoms with Gasteiger partial charge in [0.1, 0.15) is 30.0 Å². The van der Waals surface area contributed by atoms with Gasteiger partial charge in [0.25, 0.3) is 5.91 Å². The fourth-order valence-electron chi connectivity index (χ4n) is 5.31. The highest BCUT2D eigenvalue weighted by Crippen LogP contribution is 2.48. The van der Waals surface area contributed by atoms with Crippen molar-refractivity contribution >= 4 is 17.4 Å². The minimum Gasteiger partial charge on any atom is -0.356 e. The maximum Gasteiger partial charge on any atom is 0.257 e. The molecule has 0 bridgehead atoms. The number of halogens is 2. The Balaban J connectivity index is 1.24. The molecule has 160 valence electrons. The molecule has 6 rings (SSSR count). The Morgan fingerprint density at radius 2 is 1.84 bits per heavy atom. The second-order valence-corrected chi connectivity index (χ2v) is 8.48. The van der Waals surface area contributed by atoms with Gasteiger partial charge in [0.05, 0.1) is 6.04 Å². The van der Waals surface area contributed by atoms with E-state index in [1.54, 1.807) is 9.42 Å². The van der Waals surface area contributed by atoms with Gasteiger partial charge in [-0.2, -0.15) is 9.61 Å². The van der Waals surface area contributed by atoms with Crippen LogP contribution in [0.2, 0.25) is 0 Å². The molecule has 5 heterocycles. The average molecular weight is 425 g/mol. The summed E-state index contributed by atoms with van der Waals surface area (Å²) in [5, 5.41) is 4.30. The number of hydrogen-bond acceptors (Lipinski definition) is 5.